The fraction of sp³-hybridized carbons (Fsp3) is 0.312. The molecule has 1 amide bonds. The van der Waals surface area contributed by atoms with Crippen LogP contribution in [-0.4, -0.2) is 33.5 Å². The summed E-state index contributed by atoms with van der Waals surface area (Å²) in [5, 5.41) is 5.59. The molecule has 0 aliphatic rings. The van der Waals surface area contributed by atoms with E-state index < -0.39 is 0 Å². The molecule has 0 bridgehead atoms. The van der Waals surface area contributed by atoms with Crippen LogP contribution in [0.5, 0.6) is 0 Å². The average molecular weight is 329 g/mol. The number of carbonyl (C=O) groups is 1. The Hall–Kier alpha value is -2.25. The minimum Gasteiger partial charge on any atom is -0.351 e. The first-order valence-electron chi connectivity index (χ1n) is 7.60. The van der Waals surface area contributed by atoms with Crippen molar-refractivity contribution in [3.8, 4) is 0 Å². The van der Waals surface area contributed by atoms with Crippen LogP contribution in [0, 0.1) is 0 Å². The van der Waals surface area contributed by atoms with E-state index in [1.54, 1.807) is 5.38 Å². The van der Waals surface area contributed by atoms with Crippen LogP contribution in [0.1, 0.15) is 21.9 Å². The van der Waals surface area contributed by atoms with Gasteiger partial charge in [0.05, 0.1) is 22.4 Å². The molecule has 0 aliphatic carbocycles. The average Bonchev–Trinajstić information content (AvgIpc) is 3.19. The molecule has 0 spiro atoms. The van der Waals surface area contributed by atoms with Gasteiger partial charge in [0.15, 0.2) is 0 Å². The third-order valence-electron chi connectivity index (χ3n) is 3.53. The normalized spacial score (nSPS) is 11.0. The van der Waals surface area contributed by atoms with Crippen molar-refractivity contribution in [2.45, 2.75) is 19.4 Å². The molecule has 2 heterocycles. The number of thiazole rings is 1. The van der Waals surface area contributed by atoms with Crippen LogP contribution in [0.15, 0.2) is 36.0 Å². The number of benzene rings is 1. The number of para-hydroxylation sites is 2. The summed E-state index contributed by atoms with van der Waals surface area (Å²) < 4.78 is 2.10. The van der Waals surface area contributed by atoms with Crippen LogP contribution in [-0.2, 0) is 13.0 Å². The topological polar surface area (TPSA) is 85.8 Å². The number of imidazole rings is 1. The Balaban J connectivity index is 1.48. The third kappa shape index (κ3) is 3.75. The summed E-state index contributed by atoms with van der Waals surface area (Å²) in [7, 11) is 0. The molecule has 0 saturated heterocycles. The number of carbonyl (C=O) groups excluding carboxylic acids is 1. The molecule has 6 nitrogen and oxygen atoms in total. The van der Waals surface area contributed by atoms with Gasteiger partial charge in [-0.05, 0) is 25.1 Å². The Morgan fingerprint density at radius 3 is 3.09 bits per heavy atom. The molecule has 0 unspecified atom stereocenters. The molecule has 120 valence electrons. The molecule has 0 fully saturated rings. The first kappa shape index (κ1) is 15.6. The second-order valence-corrected chi connectivity index (χ2v) is 6.14. The summed E-state index contributed by atoms with van der Waals surface area (Å²) in [6.07, 6.45) is 3.39. The lowest BCUT2D eigenvalue weighted by atomic mass is 10.3. The minimum absolute atomic E-state index is 0.125. The zero-order valence-corrected chi connectivity index (χ0v) is 13.6. The summed E-state index contributed by atoms with van der Waals surface area (Å²) in [6, 6.07) is 8.03. The predicted octanol–water partition coefficient (Wildman–Crippen LogP) is 1.81. The molecular formula is C16H19N5OS. The van der Waals surface area contributed by atoms with Gasteiger partial charge in [0.1, 0.15) is 5.69 Å². The molecule has 7 heteroatoms. The maximum absolute atomic E-state index is 12.0. The molecule has 0 atom stereocenters. The Labute approximate surface area is 138 Å². The number of hydrogen-bond acceptors (Lipinski definition) is 5. The lowest BCUT2D eigenvalue weighted by Gasteiger charge is -2.05. The quantitative estimate of drug-likeness (QED) is 0.647. The Bertz CT molecular complexity index is 794. The van der Waals surface area contributed by atoms with Gasteiger partial charge in [-0.25, -0.2) is 9.97 Å². The van der Waals surface area contributed by atoms with Crippen molar-refractivity contribution in [2.75, 3.05) is 13.1 Å². The monoisotopic (exact) mass is 329 g/mol. The number of aromatic nitrogens is 3. The van der Waals surface area contributed by atoms with Gasteiger partial charge in [-0.15, -0.1) is 11.3 Å². The van der Waals surface area contributed by atoms with Gasteiger partial charge in [-0.1, -0.05) is 12.1 Å². The van der Waals surface area contributed by atoms with E-state index in [9.17, 15) is 4.79 Å². The summed E-state index contributed by atoms with van der Waals surface area (Å²) in [4.78, 5) is 20.7. The highest BCUT2D eigenvalue weighted by molar-refractivity contribution is 7.09. The SMILES string of the molecule is NCCc1nc(C(=O)NCCCn2cnc3ccccc32)cs1. The highest BCUT2D eigenvalue weighted by Gasteiger charge is 2.09. The molecule has 1 aromatic carbocycles. The Kier molecular flexibility index (Phi) is 4.99. The lowest BCUT2D eigenvalue weighted by Crippen LogP contribution is -2.25. The number of rotatable bonds is 7. The molecule has 3 N–H and O–H groups in total. The Morgan fingerprint density at radius 2 is 2.22 bits per heavy atom. The molecule has 0 saturated carbocycles. The van der Waals surface area contributed by atoms with Crippen molar-refractivity contribution in [3.05, 3.63) is 46.7 Å². The molecule has 3 aromatic rings. The zero-order chi connectivity index (χ0) is 16.1. The van der Waals surface area contributed by atoms with E-state index in [0.29, 0.717) is 25.2 Å². The largest absolute Gasteiger partial charge is 0.351 e. The van der Waals surface area contributed by atoms with Gasteiger partial charge in [0.2, 0.25) is 0 Å². The van der Waals surface area contributed by atoms with E-state index in [-0.39, 0.29) is 5.91 Å². The van der Waals surface area contributed by atoms with E-state index in [4.69, 9.17) is 5.73 Å². The minimum atomic E-state index is -0.125. The number of hydrogen-bond donors (Lipinski definition) is 2. The number of aryl methyl sites for hydroxylation is 1. The fourth-order valence-electron chi connectivity index (χ4n) is 2.38. The van der Waals surface area contributed by atoms with Crippen molar-refractivity contribution in [2.24, 2.45) is 5.73 Å². The van der Waals surface area contributed by atoms with Crippen LogP contribution in [0.25, 0.3) is 11.0 Å². The standard InChI is InChI=1S/C16H19N5OS/c17-7-6-15-20-13(10-23-15)16(22)18-8-3-9-21-11-19-12-4-1-2-5-14(12)21/h1-2,4-5,10-11H,3,6-9,17H2,(H,18,22). The van der Waals surface area contributed by atoms with Gasteiger partial charge in [-0.3, -0.25) is 4.79 Å². The predicted molar refractivity (Wildman–Crippen MR) is 91.6 cm³/mol. The van der Waals surface area contributed by atoms with Crippen molar-refractivity contribution < 1.29 is 4.79 Å². The maximum Gasteiger partial charge on any atom is 0.270 e. The number of fused-ring (bicyclic) bond motifs is 1. The van der Waals surface area contributed by atoms with E-state index in [2.05, 4.69) is 25.9 Å². The highest BCUT2D eigenvalue weighted by Crippen LogP contribution is 2.12. The third-order valence-corrected chi connectivity index (χ3v) is 4.44. The molecule has 0 aliphatic heterocycles. The second kappa shape index (κ2) is 7.34. The molecule has 23 heavy (non-hydrogen) atoms. The van der Waals surface area contributed by atoms with Crippen LogP contribution >= 0.6 is 11.3 Å². The fourth-order valence-corrected chi connectivity index (χ4v) is 3.18. The summed E-state index contributed by atoms with van der Waals surface area (Å²) in [5.41, 5.74) is 8.07. The van der Waals surface area contributed by atoms with Gasteiger partial charge in [-0.2, -0.15) is 0 Å². The smallest absolute Gasteiger partial charge is 0.270 e. The van der Waals surface area contributed by atoms with E-state index in [0.717, 1.165) is 29.0 Å². The van der Waals surface area contributed by atoms with Gasteiger partial charge in [0, 0.05) is 24.9 Å². The molecule has 3 rings (SSSR count). The van der Waals surface area contributed by atoms with E-state index in [1.807, 2.05) is 24.5 Å². The summed E-state index contributed by atoms with van der Waals surface area (Å²) >= 11 is 1.48. The van der Waals surface area contributed by atoms with Crippen molar-refractivity contribution in [1.82, 2.24) is 19.9 Å². The first-order chi connectivity index (χ1) is 11.3. The number of nitrogens with one attached hydrogen (secondary N) is 1. The van der Waals surface area contributed by atoms with Crippen LogP contribution in [0.3, 0.4) is 0 Å². The van der Waals surface area contributed by atoms with Crippen LogP contribution < -0.4 is 11.1 Å². The van der Waals surface area contributed by atoms with E-state index >= 15 is 0 Å². The van der Waals surface area contributed by atoms with E-state index in [1.165, 1.54) is 11.3 Å². The summed E-state index contributed by atoms with van der Waals surface area (Å²) in [5.74, 6) is -0.125. The van der Waals surface area contributed by atoms with Crippen LogP contribution in [0.4, 0.5) is 0 Å². The zero-order valence-electron chi connectivity index (χ0n) is 12.7. The summed E-state index contributed by atoms with van der Waals surface area (Å²) in [6.45, 7) is 1.97. The highest BCUT2D eigenvalue weighted by atomic mass is 32.1. The first-order valence-corrected chi connectivity index (χ1v) is 8.48. The second-order valence-electron chi connectivity index (χ2n) is 5.20. The lowest BCUT2D eigenvalue weighted by molar-refractivity contribution is 0.0948. The van der Waals surface area contributed by atoms with Crippen molar-refractivity contribution in [1.29, 1.82) is 0 Å². The van der Waals surface area contributed by atoms with Gasteiger partial charge in [0.25, 0.3) is 5.91 Å². The molecular weight excluding hydrogens is 310 g/mol. The maximum atomic E-state index is 12.0. The van der Waals surface area contributed by atoms with Crippen molar-refractivity contribution in [3.63, 3.8) is 0 Å². The van der Waals surface area contributed by atoms with Gasteiger partial charge < -0.3 is 15.6 Å². The van der Waals surface area contributed by atoms with Gasteiger partial charge >= 0.3 is 0 Å². The number of nitrogens with two attached hydrogens (primary N) is 1. The molecule has 2 aromatic heterocycles. The molecule has 0 radical (unpaired) electrons. The van der Waals surface area contributed by atoms with Crippen molar-refractivity contribution >= 4 is 28.3 Å². The van der Waals surface area contributed by atoms with Crippen LogP contribution in [0.2, 0.25) is 0 Å². The Morgan fingerprint density at radius 1 is 1.35 bits per heavy atom. The number of amides is 1. The number of nitrogens with zero attached hydrogens (tertiary/aromatic N) is 3.